The summed E-state index contributed by atoms with van der Waals surface area (Å²) in [4.78, 5) is 6.77. The summed E-state index contributed by atoms with van der Waals surface area (Å²) >= 11 is 6.20. The molecule has 1 N–H and O–H groups in total. The predicted molar refractivity (Wildman–Crippen MR) is 133 cm³/mol. The van der Waals surface area contributed by atoms with Crippen LogP contribution in [0.15, 0.2) is 75.8 Å². The molecule has 7 nitrogen and oxygen atoms in total. The molecule has 8 heteroatoms. The number of oxazole rings is 1. The van der Waals surface area contributed by atoms with Gasteiger partial charge in [0, 0.05) is 22.7 Å². The Labute approximate surface area is 208 Å². The van der Waals surface area contributed by atoms with Gasteiger partial charge in [-0.25, -0.2) is 0 Å². The Hall–Kier alpha value is -3.73. The Morgan fingerprint density at radius 1 is 1.09 bits per heavy atom. The highest BCUT2D eigenvalue weighted by Gasteiger charge is 2.26. The monoisotopic (exact) mass is 488 g/mol. The summed E-state index contributed by atoms with van der Waals surface area (Å²) in [6.07, 6.45) is 4.03. The number of rotatable bonds is 9. The maximum Gasteiger partial charge on any atom is 0.232 e. The summed E-state index contributed by atoms with van der Waals surface area (Å²) in [5, 5.41) is 13.6. The molecule has 0 saturated carbocycles. The third kappa shape index (κ3) is 5.35. The van der Waals surface area contributed by atoms with Crippen LogP contribution >= 0.6 is 11.6 Å². The van der Waals surface area contributed by atoms with Crippen LogP contribution < -0.4 is 10.1 Å². The van der Waals surface area contributed by atoms with Crippen LogP contribution in [0, 0.1) is 11.3 Å². The molecule has 0 bridgehead atoms. The van der Waals surface area contributed by atoms with Gasteiger partial charge in [0.05, 0.1) is 12.3 Å². The quantitative estimate of drug-likeness (QED) is 0.296. The zero-order chi connectivity index (χ0) is 24.0. The number of aromatic nitrogens is 1. The standard InChI is InChI=1S/C27H25ClN4O3/c28-22-7-2-1-6-20(22)18-34-21-11-9-19(10-12-21)26-31-23(16-29)27(35-26)30-17-24(25-8-5-15-33-25)32-13-3-4-14-32/h1-2,5-12,15,24,30H,3-4,13-14,17-18H2. The van der Waals surface area contributed by atoms with Gasteiger partial charge in [0.1, 0.15) is 24.2 Å². The maximum absolute atomic E-state index is 9.61. The van der Waals surface area contributed by atoms with Crippen molar-refractivity contribution in [3.63, 3.8) is 0 Å². The van der Waals surface area contributed by atoms with Crippen molar-refractivity contribution in [2.24, 2.45) is 0 Å². The van der Waals surface area contributed by atoms with Crippen molar-refractivity contribution in [1.29, 1.82) is 5.26 Å². The molecule has 5 rings (SSSR count). The lowest BCUT2D eigenvalue weighted by Gasteiger charge is -2.25. The molecule has 0 spiro atoms. The molecule has 1 atom stereocenters. The van der Waals surface area contributed by atoms with E-state index in [1.165, 1.54) is 12.8 Å². The number of halogens is 1. The molecule has 2 aromatic heterocycles. The third-order valence-electron chi connectivity index (χ3n) is 6.10. The minimum absolute atomic E-state index is 0.0575. The highest BCUT2D eigenvalue weighted by molar-refractivity contribution is 6.31. The van der Waals surface area contributed by atoms with Crippen molar-refractivity contribution in [2.75, 3.05) is 25.0 Å². The summed E-state index contributed by atoms with van der Waals surface area (Å²) in [5.74, 6) is 2.32. The summed E-state index contributed by atoms with van der Waals surface area (Å²) in [6, 6.07) is 21.0. The van der Waals surface area contributed by atoms with Gasteiger partial charge in [0.2, 0.25) is 17.5 Å². The van der Waals surface area contributed by atoms with Crippen LogP contribution in [0.25, 0.3) is 11.5 Å². The second-order valence-electron chi connectivity index (χ2n) is 8.37. The molecule has 0 aliphatic carbocycles. The van der Waals surface area contributed by atoms with E-state index in [1.807, 2.05) is 60.7 Å². The van der Waals surface area contributed by atoms with Crippen LogP contribution in [0.1, 0.15) is 35.9 Å². The van der Waals surface area contributed by atoms with Crippen LogP contribution in [0.4, 0.5) is 5.88 Å². The van der Waals surface area contributed by atoms with Crippen LogP contribution in [0.2, 0.25) is 5.02 Å². The lowest BCUT2D eigenvalue weighted by molar-refractivity contribution is 0.224. The maximum atomic E-state index is 9.61. The van der Waals surface area contributed by atoms with Gasteiger partial charge in [-0.15, -0.1) is 0 Å². The summed E-state index contributed by atoms with van der Waals surface area (Å²) < 4.78 is 17.5. The van der Waals surface area contributed by atoms with Gasteiger partial charge in [-0.05, 0) is 68.4 Å². The van der Waals surface area contributed by atoms with Crippen LogP contribution in [-0.4, -0.2) is 29.5 Å². The van der Waals surface area contributed by atoms with Gasteiger partial charge in [-0.3, -0.25) is 4.90 Å². The van der Waals surface area contributed by atoms with E-state index in [9.17, 15) is 5.26 Å². The average Bonchev–Trinajstić information content (AvgIpc) is 3.67. The molecule has 178 valence electrons. The zero-order valence-corrected chi connectivity index (χ0v) is 19.9. The van der Waals surface area contributed by atoms with Crippen LogP contribution in [0.3, 0.4) is 0 Å². The van der Waals surface area contributed by atoms with E-state index in [4.69, 9.17) is 25.2 Å². The van der Waals surface area contributed by atoms with Crippen molar-refractivity contribution >= 4 is 17.5 Å². The molecule has 0 amide bonds. The van der Waals surface area contributed by atoms with Gasteiger partial charge >= 0.3 is 0 Å². The predicted octanol–water partition coefficient (Wildman–Crippen LogP) is 6.29. The highest BCUT2D eigenvalue weighted by Crippen LogP contribution is 2.30. The van der Waals surface area contributed by atoms with Crippen molar-refractivity contribution in [3.05, 3.63) is 89.0 Å². The Bertz CT molecular complexity index is 1290. The molecule has 1 saturated heterocycles. The SMILES string of the molecule is N#Cc1nc(-c2ccc(OCc3ccccc3Cl)cc2)oc1NCC(c1ccco1)N1CCCC1. The molecule has 1 fully saturated rings. The van der Waals surface area contributed by atoms with E-state index in [2.05, 4.69) is 21.3 Å². The van der Waals surface area contributed by atoms with Crippen LogP contribution in [-0.2, 0) is 6.61 Å². The van der Waals surface area contributed by atoms with Gasteiger partial charge in [0.15, 0.2) is 0 Å². The zero-order valence-electron chi connectivity index (χ0n) is 19.1. The van der Waals surface area contributed by atoms with Gasteiger partial charge in [-0.2, -0.15) is 10.2 Å². The Morgan fingerprint density at radius 2 is 1.89 bits per heavy atom. The Balaban J connectivity index is 1.27. The van der Waals surface area contributed by atoms with Gasteiger partial charge in [0.25, 0.3) is 0 Å². The van der Waals surface area contributed by atoms with E-state index in [-0.39, 0.29) is 11.7 Å². The summed E-state index contributed by atoms with van der Waals surface area (Å²) in [5.41, 5.74) is 1.89. The summed E-state index contributed by atoms with van der Waals surface area (Å²) in [6.45, 7) is 2.96. The van der Waals surface area contributed by atoms with E-state index in [0.29, 0.717) is 35.7 Å². The lowest BCUT2D eigenvalue weighted by Crippen LogP contribution is -2.30. The van der Waals surface area contributed by atoms with Gasteiger partial charge in [-0.1, -0.05) is 29.8 Å². The molecule has 35 heavy (non-hydrogen) atoms. The highest BCUT2D eigenvalue weighted by atomic mass is 35.5. The second kappa shape index (κ2) is 10.7. The first-order valence-electron chi connectivity index (χ1n) is 11.6. The molecule has 0 radical (unpaired) electrons. The Kier molecular flexibility index (Phi) is 7.03. The first kappa shape index (κ1) is 23.0. The fourth-order valence-electron chi connectivity index (χ4n) is 4.24. The molecule has 2 aromatic carbocycles. The molecule has 4 aromatic rings. The first-order chi connectivity index (χ1) is 17.2. The molecule has 1 aliphatic heterocycles. The normalized spacial score (nSPS) is 14.5. The Morgan fingerprint density at radius 3 is 2.60 bits per heavy atom. The lowest BCUT2D eigenvalue weighted by atomic mass is 10.2. The number of furan rings is 1. The minimum atomic E-state index is 0.0575. The van der Waals surface area contributed by atoms with Crippen molar-refractivity contribution in [2.45, 2.75) is 25.5 Å². The number of anilines is 1. The third-order valence-corrected chi connectivity index (χ3v) is 6.46. The number of nitriles is 1. The summed E-state index contributed by atoms with van der Waals surface area (Å²) in [7, 11) is 0. The average molecular weight is 489 g/mol. The van der Waals surface area contributed by atoms with E-state index in [1.54, 1.807) is 6.26 Å². The largest absolute Gasteiger partial charge is 0.489 e. The van der Waals surface area contributed by atoms with E-state index >= 15 is 0 Å². The van der Waals surface area contributed by atoms with E-state index < -0.39 is 0 Å². The molecule has 3 heterocycles. The number of hydrogen-bond donors (Lipinski definition) is 1. The topological polar surface area (TPSA) is 87.5 Å². The number of benzene rings is 2. The second-order valence-corrected chi connectivity index (χ2v) is 8.78. The fourth-order valence-corrected chi connectivity index (χ4v) is 4.43. The molecular weight excluding hydrogens is 464 g/mol. The fraction of sp³-hybridized carbons (Fsp3) is 0.259. The number of ether oxygens (including phenoxy) is 1. The minimum Gasteiger partial charge on any atom is -0.489 e. The number of hydrogen-bond acceptors (Lipinski definition) is 7. The van der Waals surface area contributed by atoms with Gasteiger partial charge < -0.3 is 18.9 Å². The number of nitrogens with one attached hydrogen (secondary N) is 1. The molecule has 1 aliphatic rings. The van der Waals surface area contributed by atoms with Crippen LogP contribution in [0.5, 0.6) is 5.75 Å². The van der Waals surface area contributed by atoms with Crippen molar-refractivity contribution < 1.29 is 13.6 Å². The smallest absolute Gasteiger partial charge is 0.232 e. The number of nitrogens with zero attached hydrogens (tertiary/aromatic N) is 3. The number of likely N-dealkylation sites (tertiary alicyclic amines) is 1. The molecule has 1 unspecified atom stereocenters. The molecular formula is C27H25ClN4O3. The van der Waals surface area contributed by atoms with Crippen molar-refractivity contribution in [1.82, 2.24) is 9.88 Å². The first-order valence-corrected chi connectivity index (χ1v) is 12.0. The van der Waals surface area contributed by atoms with E-state index in [0.717, 1.165) is 30.0 Å². The van der Waals surface area contributed by atoms with Crippen molar-refractivity contribution in [3.8, 4) is 23.3 Å².